The average Bonchev–Trinajstić information content (AvgIpc) is 3.05. The summed E-state index contributed by atoms with van der Waals surface area (Å²) >= 11 is 0. The molecule has 0 atom stereocenters. The third kappa shape index (κ3) is 3.65. The van der Waals surface area contributed by atoms with Crippen LogP contribution in [0.5, 0.6) is 0 Å². The third-order valence-electron chi connectivity index (χ3n) is 4.39. The molecule has 2 amide bonds. The van der Waals surface area contributed by atoms with Crippen LogP contribution in [-0.2, 0) is 6.54 Å². The van der Waals surface area contributed by atoms with Crippen molar-refractivity contribution in [3.63, 3.8) is 0 Å². The molecule has 0 spiro atoms. The number of amides is 2. The zero-order valence-electron chi connectivity index (χ0n) is 14.2. The molecule has 1 aliphatic heterocycles. The first-order valence-electron chi connectivity index (χ1n) is 8.42. The van der Waals surface area contributed by atoms with Gasteiger partial charge in [0.2, 0.25) is 0 Å². The minimum Gasteiger partial charge on any atom is -0.459 e. The third-order valence-corrected chi connectivity index (χ3v) is 4.39. The molecule has 3 heterocycles. The predicted molar refractivity (Wildman–Crippen MR) is 91.5 cm³/mol. The van der Waals surface area contributed by atoms with E-state index in [9.17, 15) is 14.4 Å². The van der Waals surface area contributed by atoms with Crippen LogP contribution < -0.4 is 5.56 Å². The number of carbonyl (C=O) groups excluding carboxylic acids is 2. The van der Waals surface area contributed by atoms with Gasteiger partial charge in [-0.2, -0.15) is 0 Å². The molecule has 0 N–H and O–H groups in total. The van der Waals surface area contributed by atoms with Crippen LogP contribution in [0.1, 0.15) is 34.3 Å². The fraction of sp³-hybridized carbons (Fsp3) is 0.389. The second kappa shape index (κ2) is 7.38. The van der Waals surface area contributed by atoms with E-state index in [-0.39, 0.29) is 17.4 Å². The molecule has 1 fully saturated rings. The maximum absolute atomic E-state index is 12.7. The van der Waals surface area contributed by atoms with Crippen LogP contribution in [0.4, 0.5) is 0 Å². The molecule has 0 aliphatic carbocycles. The Morgan fingerprint density at radius 3 is 2.40 bits per heavy atom. The van der Waals surface area contributed by atoms with Crippen LogP contribution in [0.2, 0.25) is 0 Å². The van der Waals surface area contributed by atoms with E-state index in [1.165, 1.54) is 12.3 Å². The maximum Gasteiger partial charge on any atom is 0.289 e. The van der Waals surface area contributed by atoms with Gasteiger partial charge < -0.3 is 18.8 Å². The molecule has 7 heteroatoms. The van der Waals surface area contributed by atoms with Crippen LogP contribution in [0.25, 0.3) is 0 Å². The molecule has 2 aromatic rings. The number of nitrogens with zero attached hydrogens (tertiary/aromatic N) is 3. The summed E-state index contributed by atoms with van der Waals surface area (Å²) in [6, 6.07) is 6.37. The van der Waals surface area contributed by atoms with Gasteiger partial charge in [0, 0.05) is 50.6 Å². The number of aromatic nitrogens is 1. The first-order valence-corrected chi connectivity index (χ1v) is 8.42. The number of rotatable bonds is 3. The molecule has 25 heavy (non-hydrogen) atoms. The van der Waals surface area contributed by atoms with Crippen molar-refractivity contribution in [1.82, 2.24) is 14.4 Å². The quantitative estimate of drug-likeness (QED) is 0.845. The molecule has 1 saturated heterocycles. The Morgan fingerprint density at radius 1 is 1.08 bits per heavy atom. The topological polar surface area (TPSA) is 75.8 Å². The minimum atomic E-state index is -0.183. The van der Waals surface area contributed by atoms with Crippen molar-refractivity contribution >= 4 is 11.8 Å². The molecule has 132 valence electrons. The van der Waals surface area contributed by atoms with E-state index in [1.807, 2.05) is 6.92 Å². The summed E-state index contributed by atoms with van der Waals surface area (Å²) in [7, 11) is 0. The highest BCUT2D eigenvalue weighted by molar-refractivity contribution is 5.94. The first-order chi connectivity index (χ1) is 12.1. The van der Waals surface area contributed by atoms with Crippen molar-refractivity contribution in [3.8, 4) is 0 Å². The maximum atomic E-state index is 12.7. The highest BCUT2D eigenvalue weighted by Gasteiger charge is 2.24. The Hall–Kier alpha value is -2.83. The number of hydrogen-bond donors (Lipinski definition) is 0. The van der Waals surface area contributed by atoms with Crippen LogP contribution in [-0.4, -0.2) is 52.4 Å². The number of furan rings is 1. The van der Waals surface area contributed by atoms with Crippen LogP contribution in [0.15, 0.2) is 45.9 Å². The predicted octanol–water partition coefficient (Wildman–Crippen LogP) is 1.45. The second-order valence-electron chi connectivity index (χ2n) is 5.95. The van der Waals surface area contributed by atoms with E-state index >= 15 is 0 Å². The lowest BCUT2D eigenvalue weighted by atomic mass is 10.2. The summed E-state index contributed by atoms with van der Waals surface area (Å²) in [5, 5.41) is 0. The van der Waals surface area contributed by atoms with Gasteiger partial charge in [0.15, 0.2) is 5.76 Å². The fourth-order valence-corrected chi connectivity index (χ4v) is 2.96. The standard InChI is InChI=1S/C18H21N3O4/c1-2-19-9-6-14(13-16(19)22)17(23)20-7-4-8-21(11-10-20)18(24)15-5-3-12-25-15/h3,5-6,9,12-13H,2,4,7-8,10-11H2,1H3. The van der Waals surface area contributed by atoms with E-state index in [2.05, 4.69) is 0 Å². The number of carbonyl (C=O) groups is 2. The van der Waals surface area contributed by atoms with Crippen molar-refractivity contribution in [2.45, 2.75) is 19.9 Å². The van der Waals surface area contributed by atoms with Gasteiger partial charge in [-0.15, -0.1) is 0 Å². The molecule has 3 rings (SSSR count). The molecule has 2 aromatic heterocycles. The second-order valence-corrected chi connectivity index (χ2v) is 5.95. The van der Waals surface area contributed by atoms with E-state index in [0.29, 0.717) is 50.5 Å². The lowest BCUT2D eigenvalue weighted by molar-refractivity contribution is 0.0700. The van der Waals surface area contributed by atoms with Gasteiger partial charge >= 0.3 is 0 Å². The summed E-state index contributed by atoms with van der Waals surface area (Å²) < 4.78 is 6.70. The van der Waals surface area contributed by atoms with Gasteiger partial charge in [0.1, 0.15) is 0 Å². The summed E-state index contributed by atoms with van der Waals surface area (Å²) in [6.45, 7) is 4.45. The Kier molecular flexibility index (Phi) is 5.02. The van der Waals surface area contributed by atoms with Gasteiger partial charge in [0.05, 0.1) is 6.26 Å². The summed E-state index contributed by atoms with van der Waals surface area (Å²) in [6.07, 6.45) is 3.80. The fourth-order valence-electron chi connectivity index (χ4n) is 2.96. The van der Waals surface area contributed by atoms with Crippen molar-refractivity contribution in [2.24, 2.45) is 0 Å². The van der Waals surface area contributed by atoms with Gasteiger partial charge in [-0.3, -0.25) is 14.4 Å². The van der Waals surface area contributed by atoms with Gasteiger partial charge in [0.25, 0.3) is 17.4 Å². The van der Waals surface area contributed by atoms with E-state index in [0.717, 1.165) is 0 Å². The molecule has 0 saturated carbocycles. The molecule has 0 unspecified atom stereocenters. The van der Waals surface area contributed by atoms with Crippen molar-refractivity contribution < 1.29 is 14.0 Å². The molecule has 0 aromatic carbocycles. The summed E-state index contributed by atoms with van der Waals surface area (Å²) in [4.78, 5) is 40.3. The number of aryl methyl sites for hydroxylation is 1. The SMILES string of the molecule is CCn1ccc(C(=O)N2CCCN(C(=O)c3ccco3)CC2)cc1=O. The van der Waals surface area contributed by atoms with Gasteiger partial charge in [-0.25, -0.2) is 0 Å². The minimum absolute atomic E-state index is 0.162. The normalized spacial score (nSPS) is 15.1. The first kappa shape index (κ1) is 17.0. The Morgan fingerprint density at radius 2 is 1.80 bits per heavy atom. The number of pyridine rings is 1. The largest absolute Gasteiger partial charge is 0.459 e. The average molecular weight is 343 g/mol. The van der Waals surface area contributed by atoms with Crippen molar-refractivity contribution in [3.05, 3.63) is 58.4 Å². The molecule has 7 nitrogen and oxygen atoms in total. The Labute approximate surface area is 145 Å². The monoisotopic (exact) mass is 343 g/mol. The van der Waals surface area contributed by atoms with Crippen molar-refractivity contribution in [2.75, 3.05) is 26.2 Å². The highest BCUT2D eigenvalue weighted by atomic mass is 16.3. The van der Waals surface area contributed by atoms with Gasteiger partial charge in [-0.1, -0.05) is 0 Å². The Balaban J connectivity index is 1.68. The van der Waals surface area contributed by atoms with Crippen LogP contribution >= 0.6 is 0 Å². The lowest BCUT2D eigenvalue weighted by Gasteiger charge is -2.21. The lowest BCUT2D eigenvalue weighted by Crippen LogP contribution is -2.37. The number of hydrogen-bond acceptors (Lipinski definition) is 4. The zero-order chi connectivity index (χ0) is 17.8. The molecular weight excluding hydrogens is 322 g/mol. The summed E-state index contributed by atoms with van der Waals surface area (Å²) in [5.74, 6) is -0.0274. The van der Waals surface area contributed by atoms with Gasteiger partial charge in [-0.05, 0) is 31.5 Å². The smallest absolute Gasteiger partial charge is 0.289 e. The summed E-state index contributed by atoms with van der Waals surface area (Å²) in [5.41, 5.74) is 0.207. The highest BCUT2D eigenvalue weighted by Crippen LogP contribution is 2.12. The molecule has 0 radical (unpaired) electrons. The van der Waals surface area contributed by atoms with Crippen LogP contribution in [0.3, 0.4) is 0 Å². The Bertz CT molecular complexity index is 810. The van der Waals surface area contributed by atoms with Crippen molar-refractivity contribution in [1.29, 1.82) is 0 Å². The van der Waals surface area contributed by atoms with E-state index in [1.54, 1.807) is 38.8 Å². The zero-order valence-corrected chi connectivity index (χ0v) is 14.2. The molecule has 0 bridgehead atoms. The van der Waals surface area contributed by atoms with E-state index < -0.39 is 0 Å². The van der Waals surface area contributed by atoms with Crippen LogP contribution in [0, 0.1) is 0 Å². The van der Waals surface area contributed by atoms with E-state index in [4.69, 9.17) is 4.42 Å². The molecular formula is C18H21N3O4. The molecule has 1 aliphatic rings.